The van der Waals surface area contributed by atoms with Crippen LogP contribution in [0.4, 0.5) is 10.1 Å². The van der Waals surface area contributed by atoms with Crippen LogP contribution in [0.3, 0.4) is 0 Å². The van der Waals surface area contributed by atoms with Crippen LogP contribution in [0.2, 0.25) is 5.02 Å². The Balaban J connectivity index is 1.45. The molecule has 2 aromatic carbocycles. The number of hydrogen-bond donors (Lipinski definition) is 2. The SMILES string of the molecule is O=C(C[NH+]1CCC[C@@H]1c1ccc2c(c1)OCCCO2)Nc1cc(Cl)ccc1F. The number of likely N-dealkylation sites (tertiary alicyclic amines) is 1. The molecule has 5 nitrogen and oxygen atoms in total. The van der Waals surface area contributed by atoms with E-state index in [0.29, 0.717) is 18.2 Å². The van der Waals surface area contributed by atoms with Crippen LogP contribution in [0, 0.1) is 5.82 Å². The molecule has 148 valence electrons. The predicted octanol–water partition coefficient (Wildman–Crippen LogP) is 3.00. The van der Waals surface area contributed by atoms with Gasteiger partial charge >= 0.3 is 0 Å². The monoisotopic (exact) mass is 405 g/mol. The topological polar surface area (TPSA) is 52.0 Å². The van der Waals surface area contributed by atoms with Gasteiger partial charge < -0.3 is 19.7 Å². The van der Waals surface area contributed by atoms with E-state index in [2.05, 4.69) is 11.4 Å². The lowest BCUT2D eigenvalue weighted by molar-refractivity contribution is -0.910. The quantitative estimate of drug-likeness (QED) is 0.822. The highest BCUT2D eigenvalue weighted by Crippen LogP contribution is 2.33. The molecule has 0 saturated carbocycles. The van der Waals surface area contributed by atoms with Gasteiger partial charge in [0.1, 0.15) is 11.9 Å². The van der Waals surface area contributed by atoms with Gasteiger partial charge in [0.15, 0.2) is 18.0 Å². The maximum Gasteiger partial charge on any atom is 0.279 e. The summed E-state index contributed by atoms with van der Waals surface area (Å²) >= 11 is 5.90. The van der Waals surface area contributed by atoms with Gasteiger partial charge in [-0.2, -0.15) is 0 Å². The van der Waals surface area contributed by atoms with Crippen molar-refractivity contribution in [3.05, 3.63) is 52.8 Å². The van der Waals surface area contributed by atoms with E-state index in [-0.39, 0.29) is 24.2 Å². The molecule has 2 aliphatic heterocycles. The largest absolute Gasteiger partial charge is 0.490 e. The number of quaternary nitrogens is 1. The minimum Gasteiger partial charge on any atom is -0.490 e. The second-order valence-corrected chi connectivity index (χ2v) is 7.65. The van der Waals surface area contributed by atoms with E-state index >= 15 is 0 Å². The molecule has 1 fully saturated rings. The molecule has 7 heteroatoms. The predicted molar refractivity (Wildman–Crippen MR) is 105 cm³/mol. The van der Waals surface area contributed by atoms with Crippen molar-refractivity contribution in [2.45, 2.75) is 25.3 Å². The van der Waals surface area contributed by atoms with Crippen LogP contribution in [0.25, 0.3) is 0 Å². The van der Waals surface area contributed by atoms with E-state index in [1.165, 1.54) is 18.2 Å². The number of ether oxygens (including phenoxy) is 2. The molecule has 2 N–H and O–H groups in total. The van der Waals surface area contributed by atoms with Gasteiger partial charge in [0.05, 0.1) is 25.4 Å². The normalized spacial score (nSPS) is 21.2. The number of fused-ring (bicyclic) bond motifs is 1. The fraction of sp³-hybridized carbons (Fsp3) is 0.381. The number of amides is 1. The van der Waals surface area contributed by atoms with Crippen molar-refractivity contribution in [1.82, 2.24) is 0 Å². The van der Waals surface area contributed by atoms with Gasteiger partial charge in [-0.3, -0.25) is 4.79 Å². The number of hydrogen-bond acceptors (Lipinski definition) is 3. The van der Waals surface area contributed by atoms with Crippen LogP contribution < -0.4 is 19.7 Å². The van der Waals surface area contributed by atoms with Crippen molar-refractivity contribution < 1.29 is 23.6 Å². The molecule has 0 spiro atoms. The molecule has 1 amide bonds. The van der Waals surface area contributed by atoms with Crippen LogP contribution in [-0.4, -0.2) is 32.2 Å². The molecule has 2 atom stereocenters. The van der Waals surface area contributed by atoms with Gasteiger partial charge in [0, 0.05) is 29.8 Å². The van der Waals surface area contributed by atoms with Crippen LogP contribution >= 0.6 is 11.6 Å². The zero-order valence-electron chi connectivity index (χ0n) is 15.5. The fourth-order valence-corrected chi connectivity index (χ4v) is 4.09. The summed E-state index contributed by atoms with van der Waals surface area (Å²) in [5, 5.41) is 3.03. The molecule has 1 saturated heterocycles. The number of rotatable bonds is 4. The first kappa shape index (κ1) is 19.0. The Kier molecular flexibility index (Phi) is 5.69. The van der Waals surface area contributed by atoms with Crippen LogP contribution in [0.15, 0.2) is 36.4 Å². The highest BCUT2D eigenvalue weighted by atomic mass is 35.5. The Morgan fingerprint density at radius 1 is 1.14 bits per heavy atom. The summed E-state index contributed by atoms with van der Waals surface area (Å²) in [5.74, 6) is 0.827. The maximum atomic E-state index is 13.9. The lowest BCUT2D eigenvalue weighted by Gasteiger charge is -2.22. The molecule has 4 rings (SSSR count). The Hall–Kier alpha value is -2.31. The third-order valence-electron chi connectivity index (χ3n) is 5.25. The Labute approximate surface area is 168 Å². The first-order valence-electron chi connectivity index (χ1n) is 9.59. The zero-order valence-corrected chi connectivity index (χ0v) is 16.2. The molecule has 2 aliphatic rings. The molecule has 0 aliphatic carbocycles. The molecule has 0 radical (unpaired) electrons. The molecule has 28 heavy (non-hydrogen) atoms. The van der Waals surface area contributed by atoms with Crippen molar-refractivity contribution >= 4 is 23.2 Å². The molecular weight excluding hydrogens is 383 g/mol. The van der Waals surface area contributed by atoms with E-state index in [0.717, 1.165) is 47.8 Å². The van der Waals surface area contributed by atoms with Crippen molar-refractivity contribution in [2.24, 2.45) is 0 Å². The van der Waals surface area contributed by atoms with E-state index in [1.807, 2.05) is 12.1 Å². The second kappa shape index (κ2) is 8.37. The Morgan fingerprint density at radius 3 is 2.82 bits per heavy atom. The molecule has 0 bridgehead atoms. The van der Waals surface area contributed by atoms with Crippen molar-refractivity contribution in [3.8, 4) is 11.5 Å². The molecule has 1 unspecified atom stereocenters. The van der Waals surface area contributed by atoms with Gasteiger partial charge in [-0.1, -0.05) is 11.6 Å². The summed E-state index contributed by atoms with van der Waals surface area (Å²) in [6.45, 7) is 2.47. The zero-order chi connectivity index (χ0) is 19.5. The third-order valence-corrected chi connectivity index (χ3v) is 5.48. The number of halogens is 2. The standard InChI is InChI=1S/C21H22ClFN2O3/c22-15-5-6-16(23)17(12-15)24-21(26)13-25-8-1-3-18(25)14-4-7-19-20(11-14)28-10-2-9-27-19/h4-7,11-12,18H,1-3,8-10,13H2,(H,24,26)/p+1/t18-/m1/s1. The minimum absolute atomic E-state index is 0.114. The van der Waals surface area contributed by atoms with E-state index in [9.17, 15) is 9.18 Å². The van der Waals surface area contributed by atoms with Gasteiger partial charge in [0.2, 0.25) is 0 Å². The average Bonchev–Trinajstić information content (AvgIpc) is 3.00. The van der Waals surface area contributed by atoms with Crippen LogP contribution in [0.1, 0.15) is 30.9 Å². The van der Waals surface area contributed by atoms with Crippen molar-refractivity contribution in [2.75, 3.05) is 31.6 Å². The number of nitrogens with one attached hydrogen (secondary N) is 2. The van der Waals surface area contributed by atoms with Crippen LogP contribution in [0.5, 0.6) is 11.5 Å². The highest BCUT2D eigenvalue weighted by Gasteiger charge is 2.32. The summed E-state index contributed by atoms with van der Waals surface area (Å²) in [4.78, 5) is 13.7. The summed E-state index contributed by atoms with van der Waals surface area (Å²) in [6, 6.07) is 10.4. The maximum absolute atomic E-state index is 13.9. The molecule has 2 aromatic rings. The first-order valence-corrected chi connectivity index (χ1v) is 9.97. The van der Waals surface area contributed by atoms with Gasteiger partial charge in [-0.25, -0.2) is 4.39 Å². The first-order chi connectivity index (χ1) is 13.6. The second-order valence-electron chi connectivity index (χ2n) is 7.21. The van der Waals surface area contributed by atoms with Gasteiger partial charge in [0.25, 0.3) is 5.91 Å². The van der Waals surface area contributed by atoms with E-state index in [4.69, 9.17) is 21.1 Å². The third kappa shape index (κ3) is 4.23. The number of carbonyl (C=O) groups excluding carboxylic acids is 1. The Bertz CT molecular complexity index is 877. The smallest absolute Gasteiger partial charge is 0.279 e. The number of carbonyl (C=O) groups is 1. The summed E-state index contributed by atoms with van der Waals surface area (Å²) in [7, 11) is 0. The average molecular weight is 406 g/mol. The number of anilines is 1. The lowest BCUT2D eigenvalue weighted by Crippen LogP contribution is -3.11. The fourth-order valence-electron chi connectivity index (χ4n) is 3.92. The van der Waals surface area contributed by atoms with E-state index in [1.54, 1.807) is 0 Å². The van der Waals surface area contributed by atoms with E-state index < -0.39 is 5.82 Å². The summed E-state index contributed by atoms with van der Waals surface area (Å²) in [6.07, 6.45) is 2.89. The highest BCUT2D eigenvalue weighted by molar-refractivity contribution is 6.30. The molecule has 0 aromatic heterocycles. The van der Waals surface area contributed by atoms with Gasteiger partial charge in [-0.05, 0) is 36.4 Å². The van der Waals surface area contributed by atoms with Gasteiger partial charge in [-0.15, -0.1) is 0 Å². The summed E-state index contributed by atoms with van der Waals surface area (Å²) < 4.78 is 25.4. The van der Waals surface area contributed by atoms with Crippen LogP contribution in [-0.2, 0) is 4.79 Å². The molecule has 2 heterocycles. The summed E-state index contributed by atoms with van der Waals surface area (Å²) in [5.41, 5.74) is 1.25. The van der Waals surface area contributed by atoms with Crippen molar-refractivity contribution in [1.29, 1.82) is 0 Å². The van der Waals surface area contributed by atoms with Crippen molar-refractivity contribution in [3.63, 3.8) is 0 Å². The molecular formula is C21H23ClFN2O3+. The number of benzene rings is 2. The Morgan fingerprint density at radius 2 is 1.96 bits per heavy atom. The minimum atomic E-state index is -0.492. The lowest BCUT2D eigenvalue weighted by atomic mass is 10.0.